The van der Waals surface area contributed by atoms with Crippen molar-refractivity contribution in [2.24, 2.45) is 0 Å². The van der Waals surface area contributed by atoms with Gasteiger partial charge in [0.1, 0.15) is 23.6 Å². The van der Waals surface area contributed by atoms with Gasteiger partial charge in [-0.25, -0.2) is 0 Å². The van der Waals surface area contributed by atoms with E-state index in [0.29, 0.717) is 11.1 Å². The van der Waals surface area contributed by atoms with Crippen molar-refractivity contribution in [1.29, 1.82) is 10.5 Å². The van der Waals surface area contributed by atoms with Gasteiger partial charge in [0.15, 0.2) is 0 Å². The summed E-state index contributed by atoms with van der Waals surface area (Å²) in [4.78, 5) is 0. The normalized spacial score (nSPS) is 11.1. The number of aromatic hydroxyl groups is 2. The minimum atomic E-state index is 0.0918. The smallest absolute Gasteiger partial charge is 0.115 e. The number of allylic oxidation sites excluding steroid dienone is 2. The standard InChI is InChI=1S/C16H10N2O2/c17-9-15(11-1-5-13(19)6-2-11)16(10-18)12-3-7-14(20)8-4-12/h1-8,19-20H/b16-15+. The van der Waals surface area contributed by atoms with Crippen LogP contribution in [0.15, 0.2) is 48.5 Å². The van der Waals surface area contributed by atoms with E-state index in [1.54, 1.807) is 24.3 Å². The van der Waals surface area contributed by atoms with Gasteiger partial charge in [0.2, 0.25) is 0 Å². The number of rotatable bonds is 2. The molecule has 2 aromatic rings. The molecule has 0 atom stereocenters. The molecule has 0 aliphatic carbocycles. The van der Waals surface area contributed by atoms with E-state index in [4.69, 9.17) is 0 Å². The Hall–Kier alpha value is -3.24. The van der Waals surface area contributed by atoms with Gasteiger partial charge in [0, 0.05) is 0 Å². The van der Waals surface area contributed by atoms with Crippen LogP contribution in [0.1, 0.15) is 11.1 Å². The van der Waals surface area contributed by atoms with Gasteiger partial charge >= 0.3 is 0 Å². The van der Waals surface area contributed by atoms with E-state index in [0.717, 1.165) is 0 Å². The van der Waals surface area contributed by atoms with E-state index in [1.165, 1.54) is 24.3 Å². The van der Waals surface area contributed by atoms with Crippen molar-refractivity contribution in [1.82, 2.24) is 0 Å². The molecule has 0 saturated carbocycles. The molecule has 20 heavy (non-hydrogen) atoms. The molecule has 0 unspecified atom stereocenters. The lowest BCUT2D eigenvalue weighted by Gasteiger charge is -2.05. The van der Waals surface area contributed by atoms with Gasteiger partial charge in [0.05, 0.1) is 11.1 Å². The maximum Gasteiger partial charge on any atom is 0.115 e. The Bertz CT molecular complexity index is 665. The second-order valence-electron chi connectivity index (χ2n) is 4.07. The molecule has 0 aliphatic rings. The van der Waals surface area contributed by atoms with Crippen LogP contribution in [0.5, 0.6) is 11.5 Å². The Morgan fingerprint density at radius 2 is 0.950 bits per heavy atom. The fourth-order valence-corrected chi connectivity index (χ4v) is 1.79. The third-order valence-corrected chi connectivity index (χ3v) is 2.79. The van der Waals surface area contributed by atoms with Crippen molar-refractivity contribution in [3.8, 4) is 23.6 Å². The van der Waals surface area contributed by atoms with Gasteiger partial charge in [-0.3, -0.25) is 0 Å². The van der Waals surface area contributed by atoms with E-state index >= 15 is 0 Å². The zero-order valence-corrected chi connectivity index (χ0v) is 10.4. The van der Waals surface area contributed by atoms with Crippen LogP contribution >= 0.6 is 0 Å². The molecular formula is C16H10N2O2. The molecule has 0 aliphatic heterocycles. The van der Waals surface area contributed by atoms with E-state index in [9.17, 15) is 20.7 Å². The summed E-state index contributed by atoms with van der Waals surface area (Å²) < 4.78 is 0. The first-order valence-electron chi connectivity index (χ1n) is 5.79. The lowest BCUT2D eigenvalue weighted by Crippen LogP contribution is -1.89. The van der Waals surface area contributed by atoms with Crippen molar-refractivity contribution >= 4 is 11.1 Å². The van der Waals surface area contributed by atoms with E-state index in [1.807, 2.05) is 12.1 Å². The monoisotopic (exact) mass is 262 g/mol. The van der Waals surface area contributed by atoms with Gasteiger partial charge in [-0.1, -0.05) is 0 Å². The average Bonchev–Trinajstić information content (AvgIpc) is 2.47. The molecule has 2 aromatic carbocycles. The summed E-state index contributed by atoms with van der Waals surface area (Å²) in [5.74, 6) is 0.184. The number of hydrogen-bond donors (Lipinski definition) is 2. The molecule has 4 nitrogen and oxygen atoms in total. The van der Waals surface area contributed by atoms with Crippen molar-refractivity contribution in [3.05, 3.63) is 59.7 Å². The highest BCUT2D eigenvalue weighted by Crippen LogP contribution is 2.27. The maximum atomic E-state index is 9.30. The highest BCUT2D eigenvalue weighted by Gasteiger charge is 2.11. The van der Waals surface area contributed by atoms with Gasteiger partial charge in [0.25, 0.3) is 0 Å². The minimum absolute atomic E-state index is 0.0918. The molecule has 4 heteroatoms. The van der Waals surface area contributed by atoms with Gasteiger partial charge in [-0.2, -0.15) is 10.5 Å². The first-order chi connectivity index (χ1) is 9.65. The highest BCUT2D eigenvalue weighted by atomic mass is 16.3. The van der Waals surface area contributed by atoms with Crippen molar-refractivity contribution < 1.29 is 10.2 Å². The summed E-state index contributed by atoms with van der Waals surface area (Å²) in [6.45, 7) is 0. The molecule has 0 bridgehead atoms. The highest BCUT2D eigenvalue weighted by molar-refractivity contribution is 6.02. The summed E-state index contributed by atoms with van der Waals surface area (Å²) in [5, 5.41) is 37.1. The summed E-state index contributed by atoms with van der Waals surface area (Å²) >= 11 is 0. The minimum Gasteiger partial charge on any atom is -0.508 e. The van der Waals surface area contributed by atoms with Crippen LogP contribution in [0, 0.1) is 22.7 Å². The van der Waals surface area contributed by atoms with Crippen LogP contribution in [0.25, 0.3) is 11.1 Å². The third-order valence-electron chi connectivity index (χ3n) is 2.79. The lowest BCUT2D eigenvalue weighted by atomic mass is 9.96. The number of hydrogen-bond acceptors (Lipinski definition) is 4. The summed E-state index contributed by atoms with van der Waals surface area (Å²) in [6, 6.07) is 16.2. The van der Waals surface area contributed by atoms with E-state index in [-0.39, 0.29) is 22.6 Å². The second kappa shape index (κ2) is 5.60. The van der Waals surface area contributed by atoms with Crippen LogP contribution < -0.4 is 0 Å². The number of phenols is 2. The fraction of sp³-hybridized carbons (Fsp3) is 0. The van der Waals surface area contributed by atoms with Crippen molar-refractivity contribution in [3.63, 3.8) is 0 Å². The fourth-order valence-electron chi connectivity index (χ4n) is 1.79. The van der Waals surface area contributed by atoms with Gasteiger partial charge in [-0.05, 0) is 59.7 Å². The molecule has 0 heterocycles. The van der Waals surface area contributed by atoms with Crippen LogP contribution in [-0.4, -0.2) is 10.2 Å². The average molecular weight is 262 g/mol. The Morgan fingerprint density at radius 1 is 0.650 bits per heavy atom. The molecule has 0 fully saturated rings. The Balaban J connectivity index is 2.60. The summed E-state index contributed by atoms with van der Waals surface area (Å²) in [5.41, 5.74) is 1.54. The zero-order valence-electron chi connectivity index (χ0n) is 10.4. The van der Waals surface area contributed by atoms with Crippen LogP contribution in [0.4, 0.5) is 0 Å². The molecule has 0 amide bonds. The largest absolute Gasteiger partial charge is 0.508 e. The van der Waals surface area contributed by atoms with Gasteiger partial charge in [-0.15, -0.1) is 0 Å². The zero-order chi connectivity index (χ0) is 14.5. The van der Waals surface area contributed by atoms with Crippen molar-refractivity contribution in [2.75, 3.05) is 0 Å². The van der Waals surface area contributed by atoms with Crippen LogP contribution in [-0.2, 0) is 0 Å². The Kier molecular flexibility index (Phi) is 3.70. The first-order valence-corrected chi connectivity index (χ1v) is 5.79. The molecule has 0 spiro atoms. The lowest BCUT2D eigenvalue weighted by molar-refractivity contribution is 0.474. The number of nitriles is 2. The number of nitrogens with zero attached hydrogens (tertiary/aromatic N) is 2. The van der Waals surface area contributed by atoms with E-state index in [2.05, 4.69) is 0 Å². The number of phenolic OH excluding ortho intramolecular Hbond substituents is 2. The molecule has 0 saturated heterocycles. The van der Waals surface area contributed by atoms with Crippen LogP contribution in [0.3, 0.4) is 0 Å². The Morgan fingerprint density at radius 3 is 1.20 bits per heavy atom. The molecule has 0 aromatic heterocycles. The Labute approximate surface area is 116 Å². The predicted molar refractivity (Wildman–Crippen MR) is 74.3 cm³/mol. The number of benzene rings is 2. The third kappa shape index (κ3) is 2.60. The SMILES string of the molecule is N#C/C(=C(/C#N)c1ccc(O)cc1)c1ccc(O)cc1. The summed E-state index contributed by atoms with van der Waals surface area (Å²) in [7, 11) is 0. The molecule has 96 valence electrons. The van der Waals surface area contributed by atoms with Gasteiger partial charge < -0.3 is 10.2 Å². The molecule has 2 N–H and O–H groups in total. The summed E-state index contributed by atoms with van der Waals surface area (Å²) in [6.07, 6.45) is 0. The molecular weight excluding hydrogens is 252 g/mol. The molecule has 2 rings (SSSR count). The maximum absolute atomic E-state index is 9.30. The predicted octanol–water partition coefficient (Wildman–Crippen LogP) is 3.06. The second-order valence-corrected chi connectivity index (χ2v) is 4.07. The first kappa shape index (κ1) is 13.2. The van der Waals surface area contributed by atoms with Crippen molar-refractivity contribution in [2.45, 2.75) is 0 Å². The topological polar surface area (TPSA) is 88.0 Å². The molecule has 0 radical (unpaired) electrons. The van der Waals surface area contributed by atoms with E-state index < -0.39 is 0 Å². The van der Waals surface area contributed by atoms with Crippen LogP contribution in [0.2, 0.25) is 0 Å². The quantitative estimate of drug-likeness (QED) is 0.643.